The van der Waals surface area contributed by atoms with Crippen molar-refractivity contribution in [3.05, 3.63) is 107 Å². The van der Waals surface area contributed by atoms with Crippen molar-refractivity contribution >= 4 is 29.1 Å². The van der Waals surface area contributed by atoms with Crippen LogP contribution in [0.5, 0.6) is 0 Å². The van der Waals surface area contributed by atoms with Gasteiger partial charge in [0.25, 0.3) is 0 Å². The van der Waals surface area contributed by atoms with Crippen molar-refractivity contribution in [2.24, 2.45) is 0 Å². The smallest absolute Gasteiger partial charge is 0.416 e. The molecular formula is C35H32F3N7O2. The Morgan fingerprint density at radius 3 is 2.43 bits per heavy atom. The monoisotopic (exact) mass is 639 g/mol. The Bertz CT molecular complexity index is 2050. The zero-order valence-corrected chi connectivity index (χ0v) is 26.3. The summed E-state index contributed by atoms with van der Waals surface area (Å²) < 4.78 is 46.7. The number of esters is 1. The number of nitrogens with zero attached hydrogens (tertiary/aromatic N) is 7. The number of fused-ring (bicyclic) bond motifs is 2. The summed E-state index contributed by atoms with van der Waals surface area (Å²) in [5.41, 5.74) is 4.24. The first kappa shape index (κ1) is 31.5. The lowest BCUT2D eigenvalue weighted by Gasteiger charge is -2.17. The average Bonchev–Trinajstić information content (AvgIpc) is 3.72. The van der Waals surface area contributed by atoms with Gasteiger partial charge >= 0.3 is 12.1 Å². The minimum Gasteiger partial charge on any atom is -0.465 e. The number of alkyl halides is 3. The fourth-order valence-corrected chi connectivity index (χ4v) is 5.59. The number of aromatic nitrogens is 5. The van der Waals surface area contributed by atoms with Crippen LogP contribution in [0.25, 0.3) is 34.5 Å². The van der Waals surface area contributed by atoms with Crippen LogP contribution >= 0.6 is 0 Å². The molecule has 3 aromatic heterocycles. The summed E-state index contributed by atoms with van der Waals surface area (Å²) in [4.78, 5) is 21.6. The maximum atomic E-state index is 13.4. The number of hydrogen-bond acceptors (Lipinski definition) is 8. The van der Waals surface area contributed by atoms with Crippen LogP contribution in [-0.2, 0) is 22.1 Å². The molecule has 0 bridgehead atoms. The highest BCUT2D eigenvalue weighted by molar-refractivity contribution is 5.99. The molecule has 240 valence electrons. The summed E-state index contributed by atoms with van der Waals surface area (Å²) in [5, 5.41) is 13.7. The van der Waals surface area contributed by atoms with Gasteiger partial charge in [-0.05, 0) is 73.0 Å². The van der Waals surface area contributed by atoms with Crippen molar-refractivity contribution in [3.8, 4) is 22.8 Å². The topological polar surface area (TPSA) is 88.8 Å². The van der Waals surface area contributed by atoms with Gasteiger partial charge in [0, 0.05) is 25.9 Å². The van der Waals surface area contributed by atoms with E-state index >= 15 is 0 Å². The predicted molar refractivity (Wildman–Crippen MR) is 174 cm³/mol. The van der Waals surface area contributed by atoms with Crippen molar-refractivity contribution in [3.63, 3.8) is 0 Å². The molecule has 5 aromatic rings. The molecule has 6 rings (SSSR count). The van der Waals surface area contributed by atoms with Crippen LogP contribution < -0.4 is 15.0 Å². The summed E-state index contributed by atoms with van der Waals surface area (Å²) in [6.07, 6.45) is 5.36. The van der Waals surface area contributed by atoms with E-state index in [4.69, 9.17) is 9.84 Å². The van der Waals surface area contributed by atoms with E-state index in [9.17, 15) is 18.0 Å². The lowest BCUT2D eigenvalue weighted by atomic mass is 10.1. The van der Waals surface area contributed by atoms with E-state index in [0.717, 1.165) is 48.6 Å². The van der Waals surface area contributed by atoms with Gasteiger partial charge in [-0.25, -0.2) is 4.79 Å². The number of benzene rings is 2. The Labute approximate surface area is 269 Å². The third kappa shape index (κ3) is 6.06. The second-order valence-electron chi connectivity index (χ2n) is 11.1. The highest BCUT2D eigenvalue weighted by Crippen LogP contribution is 2.40. The Balaban J connectivity index is 1.49. The number of halogens is 3. The van der Waals surface area contributed by atoms with E-state index in [1.807, 2.05) is 25.1 Å². The number of aryl methyl sites for hydroxylation is 1. The van der Waals surface area contributed by atoms with Gasteiger partial charge in [0.05, 0.1) is 34.8 Å². The summed E-state index contributed by atoms with van der Waals surface area (Å²) >= 11 is 0. The molecule has 0 fully saturated rings. The van der Waals surface area contributed by atoms with E-state index in [1.54, 1.807) is 36.5 Å². The fraction of sp³-hybridized carbons (Fsp3) is 0.229. The highest BCUT2D eigenvalue weighted by Gasteiger charge is 2.30. The first-order chi connectivity index (χ1) is 22.6. The van der Waals surface area contributed by atoms with Gasteiger partial charge in [-0.2, -0.15) is 22.8 Å². The Morgan fingerprint density at radius 2 is 1.74 bits per heavy atom. The molecule has 0 aliphatic carbocycles. The van der Waals surface area contributed by atoms with Crippen molar-refractivity contribution in [2.45, 2.75) is 32.4 Å². The Kier molecular flexibility index (Phi) is 8.50. The van der Waals surface area contributed by atoms with E-state index in [1.165, 1.54) is 29.3 Å². The molecule has 12 heteroatoms. The number of anilines is 2. The number of rotatable bonds is 8. The van der Waals surface area contributed by atoms with Crippen molar-refractivity contribution in [2.75, 3.05) is 31.0 Å². The lowest BCUT2D eigenvalue weighted by Crippen LogP contribution is -2.21. The Hall–Kier alpha value is -5.52. The van der Waals surface area contributed by atoms with Crippen molar-refractivity contribution < 1.29 is 22.7 Å². The van der Waals surface area contributed by atoms with Crippen LogP contribution in [0.3, 0.4) is 0 Å². The van der Waals surface area contributed by atoms with Crippen LogP contribution in [0, 0.1) is 0 Å². The summed E-state index contributed by atoms with van der Waals surface area (Å²) in [7, 11) is 5.21. The zero-order valence-electron chi connectivity index (χ0n) is 26.3. The number of ether oxygens (including phenoxy) is 1. The number of carbonyl (C=O) groups excluding carboxylic acids is 1. The van der Waals surface area contributed by atoms with Crippen LogP contribution in [0.4, 0.5) is 24.5 Å². The lowest BCUT2D eigenvalue weighted by molar-refractivity contribution is -0.137. The molecule has 1 aliphatic rings. The first-order valence-electron chi connectivity index (χ1n) is 15.1. The van der Waals surface area contributed by atoms with Gasteiger partial charge in [-0.15, -0.1) is 10.2 Å². The highest BCUT2D eigenvalue weighted by atomic mass is 19.4. The van der Waals surface area contributed by atoms with Gasteiger partial charge in [0.2, 0.25) is 5.82 Å². The molecule has 0 unspecified atom stereocenters. The van der Waals surface area contributed by atoms with E-state index < -0.39 is 17.7 Å². The number of unbranched alkanes of at least 4 members (excludes halogenated alkanes) is 1. The minimum absolute atomic E-state index is 0.173. The number of allylic oxidation sites excluding steroid dienone is 2. The van der Waals surface area contributed by atoms with Gasteiger partial charge in [0.1, 0.15) is 17.2 Å². The molecule has 0 amide bonds. The maximum Gasteiger partial charge on any atom is 0.416 e. The molecule has 4 heterocycles. The van der Waals surface area contributed by atoms with E-state index in [2.05, 4.69) is 45.2 Å². The van der Waals surface area contributed by atoms with Gasteiger partial charge in [-0.1, -0.05) is 37.6 Å². The second-order valence-corrected chi connectivity index (χ2v) is 11.1. The fourth-order valence-electron chi connectivity index (χ4n) is 5.59. The summed E-state index contributed by atoms with van der Waals surface area (Å²) in [5.74, 6) is 0.548. The van der Waals surface area contributed by atoms with Gasteiger partial charge in [0.15, 0.2) is 5.65 Å². The van der Waals surface area contributed by atoms with Crippen LogP contribution in [0.1, 0.15) is 30.9 Å². The molecule has 0 saturated carbocycles. The van der Waals surface area contributed by atoms with E-state index in [-0.39, 0.29) is 5.57 Å². The molecule has 2 aromatic carbocycles. The first-order valence-corrected chi connectivity index (χ1v) is 15.1. The molecular weight excluding hydrogens is 607 g/mol. The molecule has 0 radical (unpaired) electrons. The largest absolute Gasteiger partial charge is 0.465 e. The quantitative estimate of drug-likeness (QED) is 0.146. The van der Waals surface area contributed by atoms with Crippen LogP contribution in [-0.4, -0.2) is 52.0 Å². The number of methoxy groups -OCH3 is 1. The molecule has 0 atom stereocenters. The minimum atomic E-state index is -4.50. The number of hydrogen-bond donors (Lipinski definition) is 0. The number of pyridine rings is 1. The SMILES string of the molecule is CCCCc1ccc2c(c1)N(C)\C(=C/C=C(/C=c1/c(-c3ccc(C(F)(F)F)cc3)nn3c(-c4ccccn4)nnc13)C(=O)OC)N2C. The third-order valence-corrected chi connectivity index (χ3v) is 8.12. The van der Waals surface area contributed by atoms with E-state index in [0.29, 0.717) is 33.6 Å². The van der Waals surface area contributed by atoms with Crippen molar-refractivity contribution in [1.29, 1.82) is 0 Å². The molecule has 47 heavy (non-hydrogen) atoms. The normalized spacial score (nSPS) is 14.8. The van der Waals surface area contributed by atoms with Crippen LogP contribution in [0.2, 0.25) is 0 Å². The molecule has 0 spiro atoms. The van der Waals surface area contributed by atoms with Crippen LogP contribution in [0.15, 0.2) is 90.4 Å². The van der Waals surface area contributed by atoms with Gasteiger partial charge < -0.3 is 14.5 Å². The molecule has 0 N–H and O–H groups in total. The molecule has 0 saturated heterocycles. The molecule has 1 aliphatic heterocycles. The summed E-state index contributed by atoms with van der Waals surface area (Å²) in [6.45, 7) is 2.17. The maximum absolute atomic E-state index is 13.4. The third-order valence-electron chi connectivity index (χ3n) is 8.12. The summed E-state index contributed by atoms with van der Waals surface area (Å²) in [6, 6.07) is 16.4. The standard InChI is InChI=1S/C35H32F3N7O2/c1-5-6-9-22-11-17-28-29(20-22)44(3)30(43(28)2)18-14-24(34(46)47-4)21-26-31(23-12-15-25(16-13-23)35(36,37)38)42-45-32(26)40-41-33(45)27-10-7-8-19-39-27/h7-8,10-21H,5-6,9H2,1-4H3/b24-14-,26-21-,30-18-. The zero-order chi connectivity index (χ0) is 33.3. The Morgan fingerprint density at radius 1 is 0.979 bits per heavy atom. The van der Waals surface area contributed by atoms with Gasteiger partial charge in [-0.3, -0.25) is 4.98 Å². The predicted octanol–water partition coefficient (Wildman–Crippen LogP) is 6.24. The average molecular weight is 640 g/mol. The van der Waals surface area contributed by atoms with Crippen molar-refractivity contribution in [1.82, 2.24) is 24.8 Å². The number of carbonyl (C=O) groups is 1. The second kappa shape index (κ2) is 12.7. The molecule has 9 nitrogen and oxygen atoms in total.